The van der Waals surface area contributed by atoms with Crippen LogP contribution in [-0.2, 0) is 4.79 Å². The van der Waals surface area contributed by atoms with Crippen LogP contribution in [0.1, 0.15) is 13.3 Å². The predicted octanol–water partition coefficient (Wildman–Crippen LogP) is 2.62. The number of hydrogen-bond acceptors (Lipinski definition) is 3. The molecule has 0 heterocycles. The van der Waals surface area contributed by atoms with Gasteiger partial charge in [-0.1, -0.05) is 30.7 Å². The Morgan fingerprint density at radius 2 is 2.00 bits per heavy atom. The highest BCUT2D eigenvalue weighted by Crippen LogP contribution is 2.27. The quantitative estimate of drug-likeness (QED) is 0.727. The van der Waals surface area contributed by atoms with Gasteiger partial charge in [0.2, 0.25) is 5.56 Å². The maximum atomic E-state index is 11.2. The van der Waals surface area contributed by atoms with Gasteiger partial charge >= 0.3 is 0 Å². The average molecular weight is 229 g/mol. The summed E-state index contributed by atoms with van der Waals surface area (Å²) in [6, 6.07) is 7.06. The first-order valence-electron chi connectivity index (χ1n) is 4.65. The summed E-state index contributed by atoms with van der Waals surface area (Å²) in [5.41, 5.74) is -0.953. The largest absolute Gasteiger partial charge is 0.493 e. The molecule has 1 rings (SSSR count). The van der Waals surface area contributed by atoms with E-state index in [0.29, 0.717) is 17.9 Å². The third-order valence-corrected chi connectivity index (χ3v) is 2.23. The van der Waals surface area contributed by atoms with Gasteiger partial charge in [0.15, 0.2) is 17.3 Å². The van der Waals surface area contributed by atoms with E-state index in [9.17, 15) is 4.79 Å². The molecular weight excluding hydrogens is 216 g/mol. The number of halogens is 1. The average Bonchev–Trinajstić information content (AvgIpc) is 2.28. The lowest BCUT2D eigenvalue weighted by Crippen LogP contribution is -2.20. The lowest BCUT2D eigenvalue weighted by Gasteiger charge is -2.13. The van der Waals surface area contributed by atoms with Crippen LogP contribution < -0.4 is 9.47 Å². The van der Waals surface area contributed by atoms with Crippen LogP contribution in [-0.4, -0.2) is 18.5 Å². The summed E-state index contributed by atoms with van der Waals surface area (Å²) in [7, 11) is 1.53. The minimum absolute atomic E-state index is 0.150. The van der Waals surface area contributed by atoms with Crippen LogP contribution in [0.15, 0.2) is 24.3 Å². The summed E-state index contributed by atoms with van der Waals surface area (Å²) in [6.45, 7) is 1.74. The van der Waals surface area contributed by atoms with Crippen molar-refractivity contribution in [2.45, 2.75) is 18.9 Å². The van der Waals surface area contributed by atoms with Crippen molar-refractivity contribution in [3.63, 3.8) is 0 Å². The molecule has 1 atom stereocenters. The van der Waals surface area contributed by atoms with E-state index in [0.717, 1.165) is 0 Å². The van der Waals surface area contributed by atoms with Gasteiger partial charge in [-0.2, -0.15) is 0 Å². The molecule has 0 amide bonds. The number of rotatable bonds is 5. The Bertz CT molecular complexity index is 338. The van der Waals surface area contributed by atoms with Gasteiger partial charge in [-0.3, -0.25) is 4.79 Å². The van der Waals surface area contributed by atoms with E-state index in [1.54, 1.807) is 25.1 Å². The molecule has 1 unspecified atom stereocenters. The van der Waals surface area contributed by atoms with E-state index in [-0.39, 0.29) is 5.78 Å². The summed E-state index contributed by atoms with van der Waals surface area (Å²) < 4.78 is 10.3. The zero-order valence-electron chi connectivity index (χ0n) is 8.70. The number of Topliss-reactive ketones (excluding diaryl/α,β-unsaturated/α-hetero) is 1. The van der Waals surface area contributed by atoms with E-state index >= 15 is 0 Å². The van der Waals surface area contributed by atoms with Crippen molar-refractivity contribution < 1.29 is 14.3 Å². The van der Waals surface area contributed by atoms with Crippen molar-refractivity contribution >= 4 is 17.4 Å². The Morgan fingerprint density at radius 1 is 1.40 bits per heavy atom. The molecule has 82 valence electrons. The molecule has 0 saturated heterocycles. The molecule has 0 aliphatic heterocycles. The Kier molecular flexibility index (Phi) is 4.43. The summed E-state index contributed by atoms with van der Waals surface area (Å²) in [6.07, 6.45) is 0.351. The Morgan fingerprint density at radius 3 is 2.53 bits per heavy atom. The molecule has 0 radical (unpaired) electrons. The van der Waals surface area contributed by atoms with Crippen molar-refractivity contribution in [1.82, 2.24) is 0 Å². The van der Waals surface area contributed by atoms with Gasteiger partial charge in [-0.05, 0) is 12.1 Å². The SMILES string of the molecule is CCC(=O)C(Cl)Oc1ccccc1OC. The van der Waals surface area contributed by atoms with E-state index in [4.69, 9.17) is 21.1 Å². The minimum atomic E-state index is -0.953. The molecule has 0 aliphatic rings. The van der Waals surface area contributed by atoms with Gasteiger partial charge in [-0.25, -0.2) is 0 Å². The first-order chi connectivity index (χ1) is 7.19. The molecular formula is C11H13ClO3. The third kappa shape index (κ3) is 3.13. The van der Waals surface area contributed by atoms with Crippen LogP contribution >= 0.6 is 11.6 Å². The van der Waals surface area contributed by atoms with Gasteiger partial charge in [0, 0.05) is 6.42 Å². The van der Waals surface area contributed by atoms with Gasteiger partial charge in [0.1, 0.15) is 0 Å². The van der Waals surface area contributed by atoms with Crippen molar-refractivity contribution in [2.24, 2.45) is 0 Å². The van der Waals surface area contributed by atoms with E-state index in [1.807, 2.05) is 6.07 Å². The number of ether oxygens (including phenoxy) is 2. The second kappa shape index (κ2) is 5.61. The number of hydrogen-bond donors (Lipinski definition) is 0. The summed E-state index contributed by atoms with van der Waals surface area (Å²) >= 11 is 5.77. The Hall–Kier alpha value is -1.22. The molecule has 0 saturated carbocycles. The smallest absolute Gasteiger partial charge is 0.230 e. The highest BCUT2D eigenvalue weighted by molar-refractivity contribution is 6.30. The fourth-order valence-electron chi connectivity index (χ4n) is 1.05. The lowest BCUT2D eigenvalue weighted by molar-refractivity contribution is -0.122. The fraction of sp³-hybridized carbons (Fsp3) is 0.364. The van der Waals surface area contributed by atoms with Crippen LogP contribution in [0.4, 0.5) is 0 Å². The number of carbonyl (C=O) groups excluding carboxylic acids is 1. The topological polar surface area (TPSA) is 35.5 Å². The summed E-state index contributed by atoms with van der Waals surface area (Å²) in [5.74, 6) is 0.886. The Balaban J connectivity index is 2.75. The predicted molar refractivity (Wildman–Crippen MR) is 58.6 cm³/mol. The second-order valence-electron chi connectivity index (χ2n) is 2.90. The van der Waals surface area contributed by atoms with Gasteiger partial charge in [-0.15, -0.1) is 0 Å². The van der Waals surface area contributed by atoms with Crippen LogP contribution in [0.2, 0.25) is 0 Å². The first kappa shape index (κ1) is 11.9. The van der Waals surface area contributed by atoms with Crippen molar-refractivity contribution in [3.05, 3.63) is 24.3 Å². The maximum absolute atomic E-state index is 11.2. The van der Waals surface area contributed by atoms with Crippen molar-refractivity contribution in [2.75, 3.05) is 7.11 Å². The number of alkyl halides is 1. The first-order valence-corrected chi connectivity index (χ1v) is 5.09. The number of para-hydroxylation sites is 2. The molecule has 4 heteroatoms. The molecule has 1 aromatic carbocycles. The highest BCUT2D eigenvalue weighted by atomic mass is 35.5. The molecule has 0 bridgehead atoms. The van der Waals surface area contributed by atoms with E-state index < -0.39 is 5.56 Å². The van der Waals surface area contributed by atoms with Crippen molar-refractivity contribution in [1.29, 1.82) is 0 Å². The summed E-state index contributed by atoms with van der Waals surface area (Å²) in [5, 5.41) is 0. The van der Waals surface area contributed by atoms with E-state index in [1.165, 1.54) is 7.11 Å². The maximum Gasteiger partial charge on any atom is 0.230 e. The minimum Gasteiger partial charge on any atom is -0.493 e. The van der Waals surface area contributed by atoms with Crippen LogP contribution in [0, 0.1) is 0 Å². The van der Waals surface area contributed by atoms with Gasteiger partial charge in [0.25, 0.3) is 0 Å². The Labute approximate surface area is 93.9 Å². The number of benzene rings is 1. The van der Waals surface area contributed by atoms with Crippen LogP contribution in [0.3, 0.4) is 0 Å². The molecule has 1 aromatic rings. The highest BCUT2D eigenvalue weighted by Gasteiger charge is 2.16. The standard InChI is InChI=1S/C11H13ClO3/c1-3-8(13)11(12)15-10-7-5-4-6-9(10)14-2/h4-7,11H,3H2,1-2H3. The van der Waals surface area contributed by atoms with E-state index in [2.05, 4.69) is 0 Å². The molecule has 0 aromatic heterocycles. The number of ketones is 1. The number of carbonyl (C=O) groups is 1. The number of methoxy groups -OCH3 is 1. The molecule has 0 fully saturated rings. The molecule has 0 N–H and O–H groups in total. The normalized spacial score (nSPS) is 11.9. The molecule has 0 spiro atoms. The molecule has 3 nitrogen and oxygen atoms in total. The second-order valence-corrected chi connectivity index (χ2v) is 3.30. The molecule has 0 aliphatic carbocycles. The zero-order chi connectivity index (χ0) is 11.3. The monoisotopic (exact) mass is 228 g/mol. The van der Waals surface area contributed by atoms with Gasteiger partial charge in [0.05, 0.1) is 7.11 Å². The summed E-state index contributed by atoms with van der Waals surface area (Å²) in [4.78, 5) is 11.2. The van der Waals surface area contributed by atoms with Crippen LogP contribution in [0.5, 0.6) is 11.5 Å². The van der Waals surface area contributed by atoms with Gasteiger partial charge < -0.3 is 9.47 Å². The van der Waals surface area contributed by atoms with Crippen LogP contribution in [0.25, 0.3) is 0 Å². The van der Waals surface area contributed by atoms with Crippen molar-refractivity contribution in [3.8, 4) is 11.5 Å². The molecule has 15 heavy (non-hydrogen) atoms. The zero-order valence-corrected chi connectivity index (χ0v) is 9.45. The lowest BCUT2D eigenvalue weighted by atomic mass is 10.3. The fourth-order valence-corrected chi connectivity index (χ4v) is 1.30. The third-order valence-electron chi connectivity index (χ3n) is 1.90.